The number of likely N-dealkylation sites (N-methyl/N-ethyl adjacent to an activating group) is 1. The Kier molecular flexibility index (Phi) is 4.59. The zero-order chi connectivity index (χ0) is 15.5. The van der Waals surface area contributed by atoms with E-state index in [0.717, 1.165) is 18.5 Å². The number of nitrogens with zero attached hydrogens (tertiary/aromatic N) is 3. The van der Waals surface area contributed by atoms with Crippen molar-refractivity contribution in [1.82, 2.24) is 15.2 Å². The number of nitriles is 1. The van der Waals surface area contributed by atoms with Crippen LogP contribution < -0.4 is 5.32 Å². The van der Waals surface area contributed by atoms with Gasteiger partial charge in [0.2, 0.25) is 5.91 Å². The lowest BCUT2D eigenvalue weighted by atomic mass is 9.98. The molecule has 1 amide bonds. The number of hydrogen-bond donors (Lipinski definition) is 1. The van der Waals surface area contributed by atoms with Gasteiger partial charge in [0.1, 0.15) is 5.54 Å². The maximum atomic E-state index is 12.2. The first-order valence-electron chi connectivity index (χ1n) is 7.29. The van der Waals surface area contributed by atoms with Gasteiger partial charge in [0.15, 0.2) is 0 Å². The maximum absolute atomic E-state index is 12.2. The Bertz CT molecular complexity index is 535. The van der Waals surface area contributed by atoms with Crippen molar-refractivity contribution >= 4 is 5.91 Å². The van der Waals surface area contributed by atoms with Crippen LogP contribution in [0.5, 0.6) is 0 Å². The normalized spacial score (nSPS) is 18.6. The van der Waals surface area contributed by atoms with Crippen LogP contribution in [0.4, 0.5) is 0 Å². The minimum atomic E-state index is -0.730. The fourth-order valence-corrected chi connectivity index (χ4v) is 2.42. The predicted octanol–water partition coefficient (Wildman–Crippen LogP) is 1.88. The Morgan fingerprint density at radius 1 is 1.62 bits per heavy atom. The molecule has 2 rings (SSSR count). The quantitative estimate of drug-likeness (QED) is 0.867. The Hall–Kier alpha value is -1.93. The maximum Gasteiger partial charge on any atom is 0.235 e. The number of pyridine rings is 1. The summed E-state index contributed by atoms with van der Waals surface area (Å²) in [5, 5.41) is 12.2. The smallest absolute Gasteiger partial charge is 0.235 e. The Morgan fingerprint density at radius 2 is 2.33 bits per heavy atom. The summed E-state index contributed by atoms with van der Waals surface area (Å²) in [6, 6.07) is 8.05. The van der Waals surface area contributed by atoms with Crippen molar-refractivity contribution in [3.05, 3.63) is 30.1 Å². The average molecular weight is 286 g/mol. The van der Waals surface area contributed by atoms with Crippen molar-refractivity contribution in [2.75, 3.05) is 13.6 Å². The molecule has 0 saturated heterocycles. The van der Waals surface area contributed by atoms with E-state index in [9.17, 15) is 10.1 Å². The van der Waals surface area contributed by atoms with E-state index in [2.05, 4.69) is 16.4 Å². The van der Waals surface area contributed by atoms with Gasteiger partial charge < -0.3 is 5.32 Å². The summed E-state index contributed by atoms with van der Waals surface area (Å²) in [6.07, 6.45) is 3.79. The van der Waals surface area contributed by atoms with Crippen LogP contribution in [-0.2, 0) is 4.79 Å². The van der Waals surface area contributed by atoms with E-state index in [-0.39, 0.29) is 18.5 Å². The van der Waals surface area contributed by atoms with Gasteiger partial charge in [-0.2, -0.15) is 5.26 Å². The van der Waals surface area contributed by atoms with Crippen molar-refractivity contribution in [2.24, 2.45) is 5.92 Å². The monoisotopic (exact) mass is 286 g/mol. The van der Waals surface area contributed by atoms with Crippen LogP contribution in [0.2, 0.25) is 0 Å². The molecule has 2 atom stereocenters. The second kappa shape index (κ2) is 6.23. The van der Waals surface area contributed by atoms with E-state index in [4.69, 9.17) is 0 Å². The lowest BCUT2D eigenvalue weighted by molar-refractivity contribution is -0.123. The van der Waals surface area contributed by atoms with E-state index < -0.39 is 5.54 Å². The fourth-order valence-electron chi connectivity index (χ4n) is 2.42. The summed E-state index contributed by atoms with van der Waals surface area (Å²) in [6.45, 7) is 4.08. The number of nitrogens with one attached hydrogen (secondary N) is 1. The van der Waals surface area contributed by atoms with Gasteiger partial charge >= 0.3 is 0 Å². The molecule has 1 aromatic heterocycles. The van der Waals surface area contributed by atoms with Crippen LogP contribution in [0.1, 0.15) is 38.4 Å². The lowest BCUT2D eigenvalue weighted by Crippen LogP contribution is -2.50. The molecule has 1 aromatic rings. The summed E-state index contributed by atoms with van der Waals surface area (Å²) in [7, 11) is 1.89. The molecule has 1 aliphatic rings. The van der Waals surface area contributed by atoms with Gasteiger partial charge in [-0.15, -0.1) is 0 Å². The molecule has 21 heavy (non-hydrogen) atoms. The molecule has 112 valence electrons. The number of carbonyl (C=O) groups excluding carboxylic acids is 1. The lowest BCUT2D eigenvalue weighted by Gasteiger charge is -2.27. The Morgan fingerprint density at radius 3 is 2.86 bits per heavy atom. The van der Waals surface area contributed by atoms with E-state index in [1.807, 2.05) is 44.0 Å². The van der Waals surface area contributed by atoms with Crippen LogP contribution >= 0.6 is 0 Å². The van der Waals surface area contributed by atoms with E-state index in [0.29, 0.717) is 5.92 Å². The first kappa shape index (κ1) is 15.5. The van der Waals surface area contributed by atoms with E-state index in [1.165, 1.54) is 0 Å². The van der Waals surface area contributed by atoms with Crippen molar-refractivity contribution < 1.29 is 4.79 Å². The highest BCUT2D eigenvalue weighted by Gasteiger charge is 2.43. The highest BCUT2D eigenvalue weighted by atomic mass is 16.2. The molecule has 5 heteroatoms. The minimum Gasteiger partial charge on any atom is -0.337 e. The van der Waals surface area contributed by atoms with Gasteiger partial charge in [-0.25, -0.2) is 0 Å². The van der Waals surface area contributed by atoms with Gasteiger partial charge in [-0.1, -0.05) is 6.07 Å². The van der Waals surface area contributed by atoms with Crippen molar-refractivity contribution in [2.45, 2.75) is 38.3 Å². The Labute approximate surface area is 126 Å². The highest BCUT2D eigenvalue weighted by Crippen LogP contribution is 2.39. The van der Waals surface area contributed by atoms with Crippen LogP contribution in [-0.4, -0.2) is 34.9 Å². The van der Waals surface area contributed by atoms with Crippen LogP contribution in [0.15, 0.2) is 24.4 Å². The third-order valence-corrected chi connectivity index (χ3v) is 4.20. The van der Waals surface area contributed by atoms with E-state index in [1.54, 1.807) is 6.20 Å². The first-order chi connectivity index (χ1) is 9.96. The SMILES string of the molecule is C[C@@H](c1ccccn1)N(C)CC(=O)N[C@@](C)(C#N)C1CC1. The predicted molar refractivity (Wildman–Crippen MR) is 80.2 cm³/mol. The fraction of sp³-hybridized carbons (Fsp3) is 0.562. The molecule has 0 bridgehead atoms. The summed E-state index contributed by atoms with van der Waals surface area (Å²) >= 11 is 0. The number of carbonyl (C=O) groups is 1. The number of aromatic nitrogens is 1. The molecule has 0 aliphatic heterocycles. The molecule has 0 aromatic carbocycles. The van der Waals surface area contributed by atoms with Gasteiger partial charge in [-0.05, 0) is 51.8 Å². The molecule has 1 aliphatic carbocycles. The van der Waals surface area contributed by atoms with Crippen LogP contribution in [0.3, 0.4) is 0 Å². The zero-order valence-electron chi connectivity index (χ0n) is 12.8. The van der Waals surface area contributed by atoms with E-state index >= 15 is 0 Å². The standard InChI is InChI=1S/C16H22N4O/c1-12(14-6-4-5-9-18-14)20(3)10-15(21)19-16(2,11-17)13-7-8-13/h4-6,9,12-13H,7-8,10H2,1-3H3,(H,19,21)/t12-,16-/m0/s1. The van der Waals surface area contributed by atoms with Gasteiger partial charge in [0, 0.05) is 12.2 Å². The highest BCUT2D eigenvalue weighted by molar-refractivity contribution is 5.79. The summed E-state index contributed by atoms with van der Waals surface area (Å²) in [5.41, 5.74) is 0.199. The molecular formula is C16H22N4O. The molecule has 0 spiro atoms. The summed E-state index contributed by atoms with van der Waals surface area (Å²) in [4.78, 5) is 18.4. The summed E-state index contributed by atoms with van der Waals surface area (Å²) in [5.74, 6) is 0.182. The van der Waals surface area contributed by atoms with Crippen LogP contribution in [0.25, 0.3) is 0 Å². The molecular weight excluding hydrogens is 264 g/mol. The largest absolute Gasteiger partial charge is 0.337 e. The molecule has 1 N–H and O–H groups in total. The van der Waals surface area contributed by atoms with Gasteiger partial charge in [-0.3, -0.25) is 14.7 Å². The molecule has 1 fully saturated rings. The third-order valence-electron chi connectivity index (χ3n) is 4.20. The number of amides is 1. The van der Waals surface area contributed by atoms with Gasteiger partial charge in [0.05, 0.1) is 18.3 Å². The minimum absolute atomic E-state index is 0.0474. The second-order valence-corrected chi connectivity index (χ2v) is 5.98. The van der Waals surface area contributed by atoms with Gasteiger partial charge in [0.25, 0.3) is 0 Å². The average Bonchev–Trinajstić information content (AvgIpc) is 3.32. The Balaban J connectivity index is 1.92. The van der Waals surface area contributed by atoms with Crippen LogP contribution in [0, 0.1) is 17.2 Å². The van der Waals surface area contributed by atoms with Crippen molar-refractivity contribution in [1.29, 1.82) is 5.26 Å². The third kappa shape index (κ3) is 3.79. The topological polar surface area (TPSA) is 69.0 Å². The number of hydrogen-bond acceptors (Lipinski definition) is 4. The van der Waals surface area contributed by atoms with Crippen molar-refractivity contribution in [3.8, 4) is 6.07 Å². The first-order valence-corrected chi connectivity index (χ1v) is 7.29. The molecule has 1 heterocycles. The molecule has 1 saturated carbocycles. The second-order valence-electron chi connectivity index (χ2n) is 5.98. The molecule has 0 unspecified atom stereocenters. The number of rotatable bonds is 6. The summed E-state index contributed by atoms with van der Waals surface area (Å²) < 4.78 is 0. The zero-order valence-corrected chi connectivity index (χ0v) is 12.8. The molecule has 5 nitrogen and oxygen atoms in total. The van der Waals surface area contributed by atoms with Crippen molar-refractivity contribution in [3.63, 3.8) is 0 Å². The molecule has 0 radical (unpaired) electrons.